The van der Waals surface area contributed by atoms with Gasteiger partial charge in [-0.05, 0) is 32.6 Å². The number of halogens is 4. The second-order valence-electron chi connectivity index (χ2n) is 4.60. The summed E-state index contributed by atoms with van der Waals surface area (Å²) >= 11 is 24.5. The lowest BCUT2D eigenvalue weighted by Gasteiger charge is -2.39. The predicted molar refractivity (Wildman–Crippen MR) is 80.0 cm³/mol. The Morgan fingerprint density at radius 2 is 1.56 bits per heavy atom. The maximum absolute atomic E-state index is 8.63. The van der Waals surface area contributed by atoms with E-state index in [0.29, 0.717) is 12.8 Å². The van der Waals surface area contributed by atoms with Crippen LogP contribution in [-0.4, -0.2) is 37.9 Å². The first-order valence-electron chi connectivity index (χ1n) is 5.48. The van der Waals surface area contributed by atoms with E-state index in [2.05, 4.69) is 0 Å². The normalized spacial score (nSPS) is 20.5. The molecular formula is C10H19Cl4O3P. The smallest absolute Gasteiger partial charge is 0.327 e. The predicted octanol–water partition coefficient (Wildman–Crippen LogP) is 4.08. The first-order chi connectivity index (χ1) is 8.17. The van der Waals surface area contributed by atoms with Gasteiger partial charge in [0.25, 0.3) is 0 Å². The second kappa shape index (κ2) is 8.69. The van der Waals surface area contributed by atoms with Crippen molar-refractivity contribution in [2.75, 3.05) is 18.4 Å². The first-order valence-corrected chi connectivity index (χ1v) is 8.47. The molecule has 0 aromatic rings. The Morgan fingerprint density at radius 1 is 1.11 bits per heavy atom. The molecule has 0 saturated heterocycles. The molecule has 2 atom stereocenters. The summed E-state index contributed by atoms with van der Waals surface area (Å²) in [5, 5.41) is 0. The van der Waals surface area contributed by atoms with Crippen LogP contribution in [0.3, 0.4) is 0 Å². The van der Waals surface area contributed by atoms with Gasteiger partial charge in [0, 0.05) is 11.8 Å². The van der Waals surface area contributed by atoms with Crippen LogP contribution >= 0.6 is 55.0 Å². The van der Waals surface area contributed by atoms with Crippen LogP contribution in [0.1, 0.15) is 26.7 Å². The highest BCUT2D eigenvalue weighted by molar-refractivity contribution is 7.39. The highest BCUT2D eigenvalue weighted by atomic mass is 35.5. The average molecular weight is 360 g/mol. The Bertz CT molecular complexity index is 223. The van der Waals surface area contributed by atoms with E-state index < -0.39 is 18.4 Å². The summed E-state index contributed by atoms with van der Waals surface area (Å²) in [4.78, 5) is 15.9. The molecule has 0 aromatic carbocycles. The van der Waals surface area contributed by atoms with Crippen molar-refractivity contribution in [1.82, 2.24) is 0 Å². The fourth-order valence-corrected chi connectivity index (χ4v) is 3.27. The third-order valence-electron chi connectivity index (χ3n) is 2.82. The maximum atomic E-state index is 8.63. The lowest BCUT2D eigenvalue weighted by Crippen LogP contribution is -2.44. The molecule has 3 nitrogen and oxygen atoms in total. The van der Waals surface area contributed by atoms with E-state index in [1.807, 2.05) is 13.8 Å². The fraction of sp³-hybridized carbons (Fsp3) is 1.00. The molecule has 0 heterocycles. The average Bonchev–Trinajstić information content (AvgIpc) is 2.27. The molecule has 8 heteroatoms. The quantitative estimate of drug-likeness (QED) is 0.370. The summed E-state index contributed by atoms with van der Waals surface area (Å²) in [7, 11) is -2.31. The highest BCUT2D eigenvalue weighted by Gasteiger charge is 2.42. The van der Waals surface area contributed by atoms with E-state index in [1.165, 1.54) is 0 Å². The molecule has 0 aliphatic carbocycles. The van der Waals surface area contributed by atoms with Crippen LogP contribution in [0.15, 0.2) is 0 Å². The van der Waals surface area contributed by atoms with Crippen LogP contribution in [0.25, 0.3) is 0 Å². The molecule has 0 aliphatic heterocycles. The lowest BCUT2D eigenvalue weighted by atomic mass is 9.80. The number of rotatable bonds is 9. The summed E-state index contributed by atoms with van der Waals surface area (Å²) in [6.07, 6.45) is 1.24. The Morgan fingerprint density at radius 3 is 1.89 bits per heavy atom. The van der Waals surface area contributed by atoms with Gasteiger partial charge in [-0.3, -0.25) is 0 Å². The van der Waals surface area contributed by atoms with Crippen LogP contribution in [0.5, 0.6) is 0 Å². The zero-order valence-electron chi connectivity index (χ0n) is 10.4. The van der Waals surface area contributed by atoms with E-state index in [1.54, 1.807) is 0 Å². The lowest BCUT2D eigenvalue weighted by molar-refractivity contribution is 0.228. The molecule has 110 valence electrons. The minimum Gasteiger partial charge on any atom is -0.328 e. The molecule has 2 unspecified atom stereocenters. The SMILES string of the molecule is CC(Cl)(CCl)C(CCCOP(O)O)C(C)(Cl)CCl. The Hall–Kier alpha value is 1.47. The summed E-state index contributed by atoms with van der Waals surface area (Å²) in [6.45, 7) is 3.89. The minimum absolute atomic E-state index is 0.115. The molecule has 0 spiro atoms. The third-order valence-corrected chi connectivity index (χ3v) is 5.41. The molecule has 0 amide bonds. The van der Waals surface area contributed by atoms with Crippen LogP contribution < -0.4 is 0 Å². The van der Waals surface area contributed by atoms with Gasteiger partial charge in [0.2, 0.25) is 0 Å². The minimum atomic E-state index is -2.31. The van der Waals surface area contributed by atoms with Gasteiger partial charge in [0.1, 0.15) is 0 Å². The summed E-state index contributed by atoms with van der Waals surface area (Å²) in [5.74, 6) is 0.397. The Labute approximate surface area is 130 Å². The largest absolute Gasteiger partial charge is 0.328 e. The van der Waals surface area contributed by atoms with Gasteiger partial charge in [-0.1, -0.05) is 0 Å². The monoisotopic (exact) mass is 358 g/mol. The van der Waals surface area contributed by atoms with Gasteiger partial charge < -0.3 is 14.3 Å². The summed E-state index contributed by atoms with van der Waals surface area (Å²) in [6, 6.07) is 0. The molecule has 0 rings (SSSR count). The topological polar surface area (TPSA) is 49.7 Å². The van der Waals surface area contributed by atoms with Crippen molar-refractivity contribution < 1.29 is 14.3 Å². The van der Waals surface area contributed by atoms with Gasteiger partial charge in [-0.15, -0.1) is 46.4 Å². The van der Waals surface area contributed by atoms with Gasteiger partial charge in [0.15, 0.2) is 0 Å². The number of hydrogen-bond donors (Lipinski definition) is 2. The molecule has 0 fully saturated rings. The van der Waals surface area contributed by atoms with E-state index in [9.17, 15) is 0 Å². The molecule has 18 heavy (non-hydrogen) atoms. The van der Waals surface area contributed by atoms with Gasteiger partial charge in [-0.25, -0.2) is 0 Å². The molecule has 0 radical (unpaired) electrons. The van der Waals surface area contributed by atoms with E-state index in [-0.39, 0.29) is 24.3 Å². The molecular weight excluding hydrogens is 341 g/mol. The highest BCUT2D eigenvalue weighted by Crippen LogP contribution is 2.42. The van der Waals surface area contributed by atoms with Crippen molar-refractivity contribution in [1.29, 1.82) is 0 Å². The Balaban J connectivity index is 4.51. The third kappa shape index (κ3) is 6.76. The van der Waals surface area contributed by atoms with E-state index in [4.69, 9.17) is 60.7 Å². The second-order valence-corrected chi connectivity index (χ2v) is 7.63. The van der Waals surface area contributed by atoms with Crippen molar-refractivity contribution in [2.45, 2.75) is 36.4 Å². The first kappa shape index (κ1) is 19.5. The van der Waals surface area contributed by atoms with Gasteiger partial charge in [-0.2, -0.15) is 0 Å². The van der Waals surface area contributed by atoms with Crippen molar-refractivity contribution in [3.8, 4) is 0 Å². The maximum Gasteiger partial charge on any atom is 0.327 e. The number of hydrogen-bond acceptors (Lipinski definition) is 3. The van der Waals surface area contributed by atoms with Crippen molar-refractivity contribution >= 4 is 55.0 Å². The molecule has 0 aromatic heterocycles. The molecule has 0 aliphatic rings. The fourth-order valence-electron chi connectivity index (χ4n) is 1.85. The van der Waals surface area contributed by atoms with E-state index in [0.717, 1.165) is 0 Å². The van der Waals surface area contributed by atoms with Gasteiger partial charge >= 0.3 is 8.60 Å². The van der Waals surface area contributed by atoms with Crippen LogP contribution in [0, 0.1) is 5.92 Å². The van der Waals surface area contributed by atoms with E-state index >= 15 is 0 Å². The zero-order valence-corrected chi connectivity index (χ0v) is 14.3. The Kier molecular flexibility index (Phi) is 9.40. The number of alkyl halides is 4. The molecule has 0 bridgehead atoms. The summed E-state index contributed by atoms with van der Waals surface area (Å²) in [5.41, 5.74) is 0. The van der Waals surface area contributed by atoms with Gasteiger partial charge in [0.05, 0.1) is 16.4 Å². The van der Waals surface area contributed by atoms with Crippen LogP contribution in [0.4, 0.5) is 0 Å². The van der Waals surface area contributed by atoms with Crippen LogP contribution in [-0.2, 0) is 4.52 Å². The molecule has 2 N–H and O–H groups in total. The molecule has 0 saturated carbocycles. The zero-order chi connectivity index (χ0) is 14.4. The van der Waals surface area contributed by atoms with Crippen molar-refractivity contribution in [2.24, 2.45) is 5.92 Å². The summed E-state index contributed by atoms with van der Waals surface area (Å²) < 4.78 is 4.71. The van der Waals surface area contributed by atoms with Crippen LogP contribution in [0.2, 0.25) is 0 Å². The van der Waals surface area contributed by atoms with Crippen molar-refractivity contribution in [3.05, 3.63) is 0 Å². The standard InChI is InChI=1S/C10H19Cl4O3P/c1-9(13,6-11)8(10(2,14)7-12)4-3-5-17-18(15)16/h8,15-16H,3-7H2,1-2H3. The van der Waals surface area contributed by atoms with Crippen molar-refractivity contribution in [3.63, 3.8) is 0 Å².